The fourth-order valence-electron chi connectivity index (χ4n) is 3.62. The molecule has 15 heteroatoms. The lowest BCUT2D eigenvalue weighted by Gasteiger charge is -2.26. The van der Waals surface area contributed by atoms with Crippen LogP contribution in [0, 0.1) is 32.9 Å². The molecule has 186 valence electrons. The van der Waals surface area contributed by atoms with E-state index in [1.165, 1.54) is 18.2 Å². The highest BCUT2D eigenvalue weighted by Crippen LogP contribution is 2.43. The van der Waals surface area contributed by atoms with Crippen molar-refractivity contribution >= 4 is 29.0 Å². The van der Waals surface area contributed by atoms with Gasteiger partial charge < -0.3 is 21.5 Å². The SMILES string of the molecule is N#CNC1=NC(c2ccc(Oc3cccc(C(F)(F)F)c3)c([N+](=O)[O-])c2)c2c(nc(N)c(C#N)c2N)N1. The van der Waals surface area contributed by atoms with Gasteiger partial charge in [-0.2, -0.15) is 23.7 Å². The number of nitrogens with zero attached hydrogens (tertiary/aromatic N) is 5. The van der Waals surface area contributed by atoms with Gasteiger partial charge in [-0.05, 0) is 29.8 Å². The maximum Gasteiger partial charge on any atom is 0.416 e. The van der Waals surface area contributed by atoms with Crippen LogP contribution < -0.4 is 26.8 Å². The molecule has 0 saturated carbocycles. The summed E-state index contributed by atoms with van der Waals surface area (Å²) < 4.78 is 44.5. The van der Waals surface area contributed by atoms with Crippen LogP contribution in [0.5, 0.6) is 11.5 Å². The van der Waals surface area contributed by atoms with Gasteiger partial charge in [-0.25, -0.2) is 9.98 Å². The third-order valence-corrected chi connectivity index (χ3v) is 5.24. The van der Waals surface area contributed by atoms with E-state index in [0.29, 0.717) is 6.07 Å². The average molecular weight is 509 g/mol. The quantitative estimate of drug-likeness (QED) is 0.173. The molecule has 1 aliphatic heterocycles. The fourth-order valence-corrected chi connectivity index (χ4v) is 3.62. The Balaban J connectivity index is 1.82. The van der Waals surface area contributed by atoms with E-state index in [9.17, 15) is 28.5 Å². The van der Waals surface area contributed by atoms with Crippen LogP contribution in [0.25, 0.3) is 0 Å². The van der Waals surface area contributed by atoms with E-state index in [4.69, 9.17) is 21.5 Å². The topological polar surface area (TPSA) is 201 Å². The Morgan fingerprint density at radius 2 is 1.95 bits per heavy atom. The number of anilines is 3. The molecule has 0 saturated heterocycles. The molecule has 1 aliphatic rings. The molecule has 6 N–H and O–H groups in total. The number of nitro groups is 1. The largest absolute Gasteiger partial charge is 0.450 e. The summed E-state index contributed by atoms with van der Waals surface area (Å²) >= 11 is 0. The zero-order valence-corrected chi connectivity index (χ0v) is 18.4. The van der Waals surface area contributed by atoms with Gasteiger partial charge in [0.05, 0.1) is 16.2 Å². The highest BCUT2D eigenvalue weighted by molar-refractivity contribution is 5.98. The number of nitrogens with one attached hydrogen (secondary N) is 2. The van der Waals surface area contributed by atoms with Crippen LogP contribution in [0.3, 0.4) is 0 Å². The van der Waals surface area contributed by atoms with Crippen LogP contribution in [0.2, 0.25) is 0 Å². The van der Waals surface area contributed by atoms with Gasteiger partial charge in [-0.15, -0.1) is 0 Å². The van der Waals surface area contributed by atoms with E-state index < -0.39 is 28.4 Å². The Labute approximate surface area is 205 Å². The number of pyridine rings is 1. The highest BCUT2D eigenvalue weighted by Gasteiger charge is 2.32. The molecule has 2 aromatic carbocycles. The molecule has 4 rings (SSSR count). The van der Waals surface area contributed by atoms with Crippen molar-refractivity contribution in [2.45, 2.75) is 12.2 Å². The minimum Gasteiger partial charge on any atom is -0.450 e. The van der Waals surface area contributed by atoms with Crippen molar-refractivity contribution in [1.82, 2.24) is 10.3 Å². The number of hydrogen-bond acceptors (Lipinski definition) is 11. The van der Waals surface area contributed by atoms with E-state index in [0.717, 1.165) is 18.2 Å². The zero-order valence-electron chi connectivity index (χ0n) is 18.4. The van der Waals surface area contributed by atoms with E-state index in [-0.39, 0.29) is 51.5 Å². The number of nitrogen functional groups attached to an aromatic ring is 2. The van der Waals surface area contributed by atoms with Crippen molar-refractivity contribution in [3.63, 3.8) is 0 Å². The van der Waals surface area contributed by atoms with Crippen LogP contribution in [-0.4, -0.2) is 15.9 Å². The number of alkyl halides is 3. The number of aromatic nitrogens is 1. The Hall–Kier alpha value is -5.57. The first-order chi connectivity index (χ1) is 17.5. The molecular weight excluding hydrogens is 495 g/mol. The van der Waals surface area contributed by atoms with E-state index in [2.05, 4.69) is 20.6 Å². The minimum atomic E-state index is -4.63. The smallest absolute Gasteiger partial charge is 0.416 e. The second-order valence-corrected chi connectivity index (χ2v) is 7.51. The maximum absolute atomic E-state index is 13.0. The highest BCUT2D eigenvalue weighted by atomic mass is 19.4. The first-order valence-electron chi connectivity index (χ1n) is 10.2. The lowest BCUT2D eigenvalue weighted by molar-refractivity contribution is -0.385. The van der Waals surface area contributed by atoms with Crippen LogP contribution >= 0.6 is 0 Å². The van der Waals surface area contributed by atoms with Crippen molar-refractivity contribution in [1.29, 1.82) is 10.5 Å². The number of nitro benzene ring substituents is 1. The molecule has 0 radical (unpaired) electrons. The molecule has 0 fully saturated rings. The first kappa shape index (κ1) is 24.6. The summed E-state index contributed by atoms with van der Waals surface area (Å²) in [6.07, 6.45) is -2.96. The van der Waals surface area contributed by atoms with Crippen molar-refractivity contribution in [2.75, 3.05) is 16.8 Å². The number of ether oxygens (including phenoxy) is 1. The van der Waals surface area contributed by atoms with Crippen LogP contribution in [0.1, 0.15) is 28.3 Å². The summed E-state index contributed by atoms with van der Waals surface area (Å²) in [7, 11) is 0. The number of hydrogen-bond donors (Lipinski definition) is 4. The third-order valence-electron chi connectivity index (χ3n) is 5.24. The van der Waals surface area contributed by atoms with E-state index >= 15 is 0 Å². The van der Waals surface area contributed by atoms with Crippen molar-refractivity contribution in [2.24, 2.45) is 4.99 Å². The van der Waals surface area contributed by atoms with Gasteiger partial charge >= 0.3 is 11.9 Å². The molecule has 2 heterocycles. The van der Waals surface area contributed by atoms with Gasteiger partial charge in [0.1, 0.15) is 35.1 Å². The predicted molar refractivity (Wildman–Crippen MR) is 124 cm³/mol. The van der Waals surface area contributed by atoms with Gasteiger partial charge in [0, 0.05) is 11.6 Å². The van der Waals surface area contributed by atoms with Crippen molar-refractivity contribution in [3.05, 3.63) is 74.8 Å². The Kier molecular flexibility index (Phi) is 6.13. The minimum absolute atomic E-state index is 0.0667. The Morgan fingerprint density at radius 1 is 1.19 bits per heavy atom. The number of aliphatic imine (C=N–C) groups is 1. The van der Waals surface area contributed by atoms with E-state index in [1.54, 1.807) is 6.19 Å². The fraction of sp³-hybridized carbons (Fsp3) is 0.0909. The maximum atomic E-state index is 13.0. The molecule has 0 aliphatic carbocycles. The number of rotatable bonds is 4. The third kappa shape index (κ3) is 4.69. The standard InChI is InChI=1S/C22H14F3N9O3/c23-22(24,25)11-2-1-3-12(7-11)37-15-5-4-10(6-14(15)34(35)36)18-16-17(28)13(8-26)19(29)32-20(16)33-21(31-18)30-9-27/h1-7,18H,(H6,28,29,30,31,32,33). The summed E-state index contributed by atoms with van der Waals surface area (Å²) in [5, 5.41) is 35.3. The molecule has 3 aromatic rings. The van der Waals surface area contributed by atoms with E-state index in [1.807, 2.05) is 6.07 Å². The average Bonchev–Trinajstić information content (AvgIpc) is 2.83. The molecule has 1 unspecified atom stereocenters. The molecule has 37 heavy (non-hydrogen) atoms. The van der Waals surface area contributed by atoms with Gasteiger partial charge in [0.2, 0.25) is 11.7 Å². The number of fused-ring (bicyclic) bond motifs is 1. The predicted octanol–water partition coefficient (Wildman–Crippen LogP) is 3.78. The summed E-state index contributed by atoms with van der Waals surface area (Å²) in [5.74, 6) is -0.776. The number of benzene rings is 2. The van der Waals surface area contributed by atoms with Gasteiger partial charge in [0.15, 0.2) is 6.19 Å². The van der Waals surface area contributed by atoms with Crippen LogP contribution in [0.4, 0.5) is 36.2 Å². The number of nitrogens with two attached hydrogens (primary N) is 2. The lowest BCUT2D eigenvalue weighted by Crippen LogP contribution is -2.32. The Bertz CT molecular complexity index is 1540. The molecule has 0 amide bonds. The van der Waals surface area contributed by atoms with Gasteiger partial charge in [-0.1, -0.05) is 12.1 Å². The van der Waals surface area contributed by atoms with Crippen molar-refractivity contribution in [3.8, 4) is 23.8 Å². The Morgan fingerprint density at radius 3 is 2.59 bits per heavy atom. The molecule has 0 spiro atoms. The summed E-state index contributed by atoms with van der Waals surface area (Å²) in [4.78, 5) is 19.5. The van der Waals surface area contributed by atoms with Crippen LogP contribution in [-0.2, 0) is 6.18 Å². The van der Waals surface area contributed by atoms with Crippen molar-refractivity contribution < 1.29 is 22.8 Å². The number of guanidine groups is 1. The first-order valence-corrected chi connectivity index (χ1v) is 10.2. The number of halogens is 3. The monoisotopic (exact) mass is 509 g/mol. The molecule has 1 aromatic heterocycles. The summed E-state index contributed by atoms with van der Waals surface area (Å²) in [5.41, 5.74) is 10.5. The summed E-state index contributed by atoms with van der Waals surface area (Å²) in [6, 6.07) is 8.31. The van der Waals surface area contributed by atoms with Gasteiger partial charge in [-0.3, -0.25) is 15.4 Å². The number of nitriles is 2. The summed E-state index contributed by atoms with van der Waals surface area (Å²) in [6.45, 7) is 0. The molecule has 1 atom stereocenters. The second kappa shape index (κ2) is 9.23. The zero-order chi connectivity index (χ0) is 26.9. The molecule has 12 nitrogen and oxygen atoms in total. The lowest BCUT2D eigenvalue weighted by atomic mass is 9.94. The van der Waals surface area contributed by atoms with Crippen LogP contribution in [0.15, 0.2) is 47.5 Å². The normalized spacial score (nSPS) is 14.3. The molecule has 0 bridgehead atoms. The molecular formula is C22H14F3N9O3. The van der Waals surface area contributed by atoms with Gasteiger partial charge in [0.25, 0.3) is 0 Å². The second-order valence-electron chi connectivity index (χ2n) is 7.51.